The summed E-state index contributed by atoms with van der Waals surface area (Å²) in [5, 5.41) is 6.60. The van der Waals surface area contributed by atoms with Gasteiger partial charge in [-0.2, -0.15) is 0 Å². The van der Waals surface area contributed by atoms with Gasteiger partial charge in [-0.15, -0.1) is 0 Å². The van der Waals surface area contributed by atoms with E-state index in [2.05, 4.69) is 10.5 Å². The highest BCUT2D eigenvalue weighted by Gasteiger charge is 2.08. The number of amides is 1. The van der Waals surface area contributed by atoms with E-state index < -0.39 is 0 Å². The molecule has 82 valence electrons. The Balaban J connectivity index is 2.58. The van der Waals surface area contributed by atoms with Gasteiger partial charge in [0.25, 0.3) is 0 Å². The first-order valence-corrected chi connectivity index (χ1v) is 4.85. The molecule has 0 aliphatic heterocycles. The fourth-order valence-corrected chi connectivity index (χ4v) is 1.24. The molecule has 0 aliphatic rings. The lowest BCUT2D eigenvalue weighted by molar-refractivity contribution is -0.116. The number of aromatic nitrogens is 1. The summed E-state index contributed by atoms with van der Waals surface area (Å²) in [6.45, 7) is 7.93. The fourth-order valence-electron chi connectivity index (χ4n) is 1.24. The summed E-state index contributed by atoms with van der Waals surface area (Å²) < 4.78 is 4.99. The number of aryl methyl sites for hydroxylation is 2. The van der Waals surface area contributed by atoms with Crippen LogP contribution in [0, 0.1) is 13.8 Å². The highest BCUT2D eigenvalue weighted by atomic mass is 16.5. The Kier molecular flexibility index (Phi) is 3.66. The van der Waals surface area contributed by atoms with Gasteiger partial charge in [0, 0.05) is 18.2 Å². The molecular formula is C11H16N2O2. The van der Waals surface area contributed by atoms with Gasteiger partial charge in [-0.3, -0.25) is 4.79 Å². The molecule has 1 N–H and O–H groups in total. The summed E-state index contributed by atoms with van der Waals surface area (Å²) in [6, 6.07) is 0. The van der Waals surface area contributed by atoms with Gasteiger partial charge in [0.15, 0.2) is 0 Å². The molecule has 1 heterocycles. The van der Waals surface area contributed by atoms with Crippen molar-refractivity contribution in [1.82, 2.24) is 10.5 Å². The fraction of sp³-hybridized carbons (Fsp3) is 0.455. The maximum absolute atomic E-state index is 11.3. The van der Waals surface area contributed by atoms with E-state index >= 15 is 0 Å². The molecule has 15 heavy (non-hydrogen) atoms. The summed E-state index contributed by atoms with van der Waals surface area (Å²) >= 11 is 0. The molecule has 4 heteroatoms. The first-order valence-electron chi connectivity index (χ1n) is 4.85. The third-order valence-corrected chi connectivity index (χ3v) is 2.04. The maximum atomic E-state index is 11.3. The molecule has 1 aromatic heterocycles. The van der Waals surface area contributed by atoms with E-state index in [1.807, 2.05) is 27.7 Å². The Labute approximate surface area is 89.3 Å². The molecule has 0 radical (unpaired) electrons. The van der Waals surface area contributed by atoms with E-state index in [0.29, 0.717) is 6.54 Å². The van der Waals surface area contributed by atoms with E-state index in [9.17, 15) is 4.79 Å². The predicted octanol–water partition coefficient (Wildman–Crippen LogP) is 1.87. The molecule has 0 aliphatic carbocycles. The van der Waals surface area contributed by atoms with Gasteiger partial charge in [-0.1, -0.05) is 10.7 Å². The van der Waals surface area contributed by atoms with Crippen molar-refractivity contribution in [2.24, 2.45) is 0 Å². The molecule has 0 aromatic carbocycles. The number of hydrogen-bond acceptors (Lipinski definition) is 3. The van der Waals surface area contributed by atoms with Crippen LogP contribution in [0.15, 0.2) is 16.2 Å². The van der Waals surface area contributed by atoms with Crippen LogP contribution in [-0.4, -0.2) is 11.1 Å². The Morgan fingerprint density at radius 2 is 2.13 bits per heavy atom. The largest absolute Gasteiger partial charge is 0.361 e. The van der Waals surface area contributed by atoms with Crippen LogP contribution in [0.2, 0.25) is 0 Å². The van der Waals surface area contributed by atoms with Crippen molar-refractivity contribution in [3.63, 3.8) is 0 Å². The Morgan fingerprint density at radius 3 is 2.60 bits per heavy atom. The second kappa shape index (κ2) is 4.77. The predicted molar refractivity (Wildman–Crippen MR) is 57.3 cm³/mol. The smallest absolute Gasteiger partial charge is 0.244 e. The minimum absolute atomic E-state index is 0.0880. The molecule has 0 saturated heterocycles. The van der Waals surface area contributed by atoms with Crippen molar-refractivity contribution >= 4 is 5.91 Å². The zero-order valence-electron chi connectivity index (χ0n) is 9.55. The minimum atomic E-state index is -0.0880. The van der Waals surface area contributed by atoms with E-state index in [4.69, 9.17) is 4.52 Å². The number of carbonyl (C=O) groups excluding carboxylic acids is 1. The Hall–Kier alpha value is -1.58. The third kappa shape index (κ3) is 3.23. The molecule has 1 rings (SSSR count). The second-order valence-corrected chi connectivity index (χ2v) is 3.74. The van der Waals surface area contributed by atoms with E-state index in [1.165, 1.54) is 0 Å². The average Bonchev–Trinajstić information content (AvgIpc) is 2.42. The number of nitrogens with zero attached hydrogens (tertiary/aromatic N) is 1. The Bertz CT molecular complexity index is 368. The number of nitrogens with one attached hydrogen (secondary N) is 1. The minimum Gasteiger partial charge on any atom is -0.361 e. The van der Waals surface area contributed by atoms with Gasteiger partial charge in [0.2, 0.25) is 5.91 Å². The van der Waals surface area contributed by atoms with Crippen LogP contribution >= 0.6 is 0 Å². The molecular weight excluding hydrogens is 192 g/mol. The van der Waals surface area contributed by atoms with Gasteiger partial charge in [-0.05, 0) is 27.7 Å². The quantitative estimate of drug-likeness (QED) is 0.771. The molecule has 4 nitrogen and oxygen atoms in total. The molecule has 1 aromatic rings. The topological polar surface area (TPSA) is 55.1 Å². The normalized spacial score (nSPS) is 9.87. The van der Waals surface area contributed by atoms with Gasteiger partial charge in [0.05, 0.1) is 5.69 Å². The first kappa shape index (κ1) is 11.5. The van der Waals surface area contributed by atoms with Gasteiger partial charge >= 0.3 is 0 Å². The summed E-state index contributed by atoms with van der Waals surface area (Å²) in [7, 11) is 0. The lowest BCUT2D eigenvalue weighted by Gasteiger charge is -2.01. The van der Waals surface area contributed by atoms with Crippen LogP contribution in [-0.2, 0) is 11.3 Å². The average molecular weight is 208 g/mol. The van der Waals surface area contributed by atoms with Crippen LogP contribution < -0.4 is 5.32 Å². The number of rotatable bonds is 3. The van der Waals surface area contributed by atoms with Crippen molar-refractivity contribution in [3.8, 4) is 0 Å². The van der Waals surface area contributed by atoms with Gasteiger partial charge < -0.3 is 9.84 Å². The highest BCUT2D eigenvalue weighted by molar-refractivity contribution is 5.87. The molecule has 0 unspecified atom stereocenters. The summed E-state index contributed by atoms with van der Waals surface area (Å²) in [5.41, 5.74) is 2.75. The second-order valence-electron chi connectivity index (χ2n) is 3.74. The number of hydrogen-bond donors (Lipinski definition) is 1. The van der Waals surface area contributed by atoms with Crippen LogP contribution in [0.1, 0.15) is 30.9 Å². The first-order chi connectivity index (χ1) is 7.00. The van der Waals surface area contributed by atoms with Crippen molar-refractivity contribution in [2.75, 3.05) is 0 Å². The SMILES string of the molecule is CC(C)=CC(=O)NCc1c(C)noc1C. The van der Waals surface area contributed by atoms with E-state index in [1.54, 1.807) is 6.08 Å². The lowest BCUT2D eigenvalue weighted by atomic mass is 10.2. The number of carbonyl (C=O) groups is 1. The third-order valence-electron chi connectivity index (χ3n) is 2.04. The summed E-state index contributed by atoms with van der Waals surface area (Å²) in [6.07, 6.45) is 1.57. The molecule has 0 saturated carbocycles. The maximum Gasteiger partial charge on any atom is 0.244 e. The molecule has 1 amide bonds. The zero-order valence-corrected chi connectivity index (χ0v) is 9.55. The monoisotopic (exact) mass is 208 g/mol. The molecule has 0 atom stereocenters. The van der Waals surface area contributed by atoms with Crippen molar-refractivity contribution in [3.05, 3.63) is 28.7 Å². The molecule has 0 spiro atoms. The van der Waals surface area contributed by atoms with Crippen molar-refractivity contribution in [2.45, 2.75) is 34.2 Å². The lowest BCUT2D eigenvalue weighted by Crippen LogP contribution is -2.21. The standard InChI is InChI=1S/C11H16N2O2/c1-7(2)5-11(14)12-6-10-8(3)13-15-9(10)4/h5H,6H2,1-4H3,(H,12,14). The van der Waals surface area contributed by atoms with Gasteiger partial charge in [0.1, 0.15) is 5.76 Å². The van der Waals surface area contributed by atoms with Crippen LogP contribution in [0.25, 0.3) is 0 Å². The molecule has 0 fully saturated rings. The van der Waals surface area contributed by atoms with Crippen LogP contribution in [0.4, 0.5) is 0 Å². The zero-order chi connectivity index (χ0) is 11.4. The van der Waals surface area contributed by atoms with Crippen molar-refractivity contribution < 1.29 is 9.32 Å². The van der Waals surface area contributed by atoms with Crippen molar-refractivity contribution in [1.29, 1.82) is 0 Å². The van der Waals surface area contributed by atoms with Gasteiger partial charge in [-0.25, -0.2) is 0 Å². The summed E-state index contributed by atoms with van der Waals surface area (Å²) in [4.78, 5) is 11.3. The Morgan fingerprint density at radius 1 is 1.47 bits per heavy atom. The van der Waals surface area contributed by atoms with Crippen LogP contribution in [0.3, 0.4) is 0 Å². The van der Waals surface area contributed by atoms with Crippen LogP contribution in [0.5, 0.6) is 0 Å². The highest BCUT2D eigenvalue weighted by Crippen LogP contribution is 2.11. The number of allylic oxidation sites excluding steroid dienone is 1. The summed E-state index contributed by atoms with van der Waals surface area (Å²) in [5.74, 6) is 0.667. The van der Waals surface area contributed by atoms with E-state index in [-0.39, 0.29) is 5.91 Å². The molecule has 0 bridgehead atoms. The van der Waals surface area contributed by atoms with E-state index in [0.717, 1.165) is 22.6 Å².